The maximum atomic E-state index is 11.3. The third kappa shape index (κ3) is 4.40. The second-order valence-electron chi connectivity index (χ2n) is 3.76. The molecular formula is C12H16O7. The van der Waals surface area contributed by atoms with Crippen LogP contribution in [0.5, 0.6) is 11.5 Å². The highest BCUT2D eigenvalue weighted by Crippen LogP contribution is 2.28. The quantitative estimate of drug-likeness (QED) is 0.399. The molecule has 1 aromatic carbocycles. The summed E-state index contributed by atoms with van der Waals surface area (Å²) >= 11 is 0. The molecule has 0 amide bonds. The van der Waals surface area contributed by atoms with Gasteiger partial charge in [0.25, 0.3) is 0 Å². The van der Waals surface area contributed by atoms with Gasteiger partial charge in [0.2, 0.25) is 6.29 Å². The van der Waals surface area contributed by atoms with Gasteiger partial charge in [-0.3, -0.25) is 0 Å². The van der Waals surface area contributed by atoms with Crippen molar-refractivity contribution in [2.45, 2.75) is 19.3 Å². The maximum Gasteiger partial charge on any atom is 0.516 e. The van der Waals surface area contributed by atoms with Crippen LogP contribution in [0.4, 0.5) is 4.79 Å². The lowest BCUT2D eigenvalue weighted by atomic mass is 10.2. The summed E-state index contributed by atoms with van der Waals surface area (Å²) in [6, 6.07) is 4.86. The zero-order valence-electron chi connectivity index (χ0n) is 10.6. The zero-order chi connectivity index (χ0) is 14.4. The van der Waals surface area contributed by atoms with Gasteiger partial charge in [-0.2, -0.15) is 0 Å². The van der Waals surface area contributed by atoms with Crippen LogP contribution >= 0.6 is 0 Å². The first-order valence-electron chi connectivity index (χ1n) is 5.48. The number of carbonyl (C=O) groups excluding carboxylic acids is 1. The first-order chi connectivity index (χ1) is 8.97. The molecule has 0 saturated carbocycles. The van der Waals surface area contributed by atoms with Crippen LogP contribution in [0.2, 0.25) is 0 Å². The van der Waals surface area contributed by atoms with Gasteiger partial charge in [0.15, 0.2) is 11.5 Å². The van der Waals surface area contributed by atoms with Crippen LogP contribution in [0.1, 0.15) is 5.56 Å². The van der Waals surface area contributed by atoms with Gasteiger partial charge in [0, 0.05) is 0 Å². The second kappa shape index (κ2) is 6.93. The van der Waals surface area contributed by atoms with Gasteiger partial charge >= 0.3 is 6.16 Å². The van der Waals surface area contributed by atoms with Gasteiger partial charge in [-0.25, -0.2) is 4.79 Å². The molecule has 0 fully saturated rings. The number of aliphatic hydroxyl groups is 3. The van der Waals surface area contributed by atoms with E-state index < -0.39 is 25.2 Å². The molecule has 19 heavy (non-hydrogen) atoms. The molecule has 1 rings (SSSR count). The lowest BCUT2D eigenvalue weighted by molar-refractivity contribution is -0.145. The first-order valence-corrected chi connectivity index (χ1v) is 5.48. The maximum absolute atomic E-state index is 11.3. The number of carbonyl (C=O) groups is 1. The summed E-state index contributed by atoms with van der Waals surface area (Å²) in [6.07, 6.45) is -4.68. The molecule has 0 radical (unpaired) electrons. The van der Waals surface area contributed by atoms with Gasteiger partial charge in [0.1, 0.15) is 6.10 Å². The topological polar surface area (TPSA) is 105 Å². The van der Waals surface area contributed by atoms with Gasteiger partial charge in [-0.15, -0.1) is 0 Å². The lowest BCUT2D eigenvalue weighted by Crippen LogP contribution is -2.34. The SMILES string of the molecule is COc1cc(C)ccc1OC(=O)OC(O)C(O)CO. The number of hydrogen-bond acceptors (Lipinski definition) is 7. The summed E-state index contributed by atoms with van der Waals surface area (Å²) < 4.78 is 14.2. The largest absolute Gasteiger partial charge is 0.516 e. The Bertz CT molecular complexity index is 432. The third-order valence-electron chi connectivity index (χ3n) is 2.25. The normalized spacial score (nSPS) is 13.5. The number of aryl methyl sites for hydroxylation is 1. The average Bonchev–Trinajstić information content (AvgIpc) is 2.39. The molecular weight excluding hydrogens is 256 g/mol. The molecule has 2 unspecified atom stereocenters. The Hall–Kier alpha value is -1.83. The van der Waals surface area contributed by atoms with Crippen molar-refractivity contribution in [1.29, 1.82) is 0 Å². The van der Waals surface area contributed by atoms with E-state index in [1.807, 2.05) is 6.92 Å². The Morgan fingerprint density at radius 2 is 2.00 bits per heavy atom. The molecule has 7 nitrogen and oxygen atoms in total. The molecule has 0 aliphatic heterocycles. The highest BCUT2D eigenvalue weighted by Gasteiger charge is 2.21. The Morgan fingerprint density at radius 3 is 2.58 bits per heavy atom. The van der Waals surface area contributed by atoms with Gasteiger partial charge in [-0.05, 0) is 24.6 Å². The molecule has 3 N–H and O–H groups in total. The van der Waals surface area contributed by atoms with E-state index in [1.165, 1.54) is 13.2 Å². The first kappa shape index (κ1) is 15.2. The van der Waals surface area contributed by atoms with Crippen molar-refractivity contribution < 1.29 is 34.3 Å². The summed E-state index contributed by atoms with van der Waals surface area (Å²) in [5, 5.41) is 26.8. The number of hydrogen-bond donors (Lipinski definition) is 3. The minimum atomic E-state index is -1.87. The van der Waals surface area contributed by atoms with E-state index in [9.17, 15) is 9.90 Å². The van der Waals surface area contributed by atoms with Crippen LogP contribution in [0.3, 0.4) is 0 Å². The Balaban J connectivity index is 2.67. The van der Waals surface area contributed by atoms with E-state index in [1.54, 1.807) is 12.1 Å². The highest BCUT2D eigenvalue weighted by molar-refractivity contribution is 5.65. The predicted molar refractivity (Wildman–Crippen MR) is 63.9 cm³/mol. The minimum Gasteiger partial charge on any atom is -0.493 e. The van der Waals surface area contributed by atoms with E-state index in [-0.39, 0.29) is 5.75 Å². The van der Waals surface area contributed by atoms with Crippen LogP contribution in [0.15, 0.2) is 18.2 Å². The monoisotopic (exact) mass is 272 g/mol. The molecule has 7 heteroatoms. The number of ether oxygens (including phenoxy) is 3. The highest BCUT2D eigenvalue weighted by atomic mass is 16.8. The zero-order valence-corrected chi connectivity index (χ0v) is 10.6. The summed E-state index contributed by atoms with van der Waals surface area (Å²) in [6.45, 7) is 1.09. The van der Waals surface area contributed by atoms with E-state index in [2.05, 4.69) is 4.74 Å². The van der Waals surface area contributed by atoms with Crippen LogP contribution in [0.25, 0.3) is 0 Å². The molecule has 0 aliphatic carbocycles. The fourth-order valence-corrected chi connectivity index (χ4v) is 1.24. The standard InChI is InChI=1S/C12H16O7/c1-7-3-4-9(10(5-7)17-2)18-12(16)19-11(15)8(14)6-13/h3-5,8,11,13-15H,6H2,1-2H3. The summed E-state index contributed by atoms with van der Waals surface area (Å²) in [5.74, 6) is 0.443. The van der Waals surface area contributed by atoms with E-state index in [4.69, 9.17) is 19.7 Å². The summed E-state index contributed by atoms with van der Waals surface area (Å²) in [4.78, 5) is 11.3. The van der Waals surface area contributed by atoms with Crippen molar-refractivity contribution in [2.75, 3.05) is 13.7 Å². The molecule has 0 bridgehead atoms. The number of rotatable bonds is 5. The van der Waals surface area contributed by atoms with Crippen molar-refractivity contribution in [2.24, 2.45) is 0 Å². The van der Waals surface area contributed by atoms with E-state index in [0.717, 1.165) is 5.56 Å². The molecule has 1 aromatic rings. The Labute approximate surface area is 110 Å². The van der Waals surface area contributed by atoms with Crippen molar-refractivity contribution in [3.63, 3.8) is 0 Å². The smallest absolute Gasteiger partial charge is 0.493 e. The number of benzene rings is 1. The summed E-state index contributed by atoms with van der Waals surface area (Å²) in [5.41, 5.74) is 0.910. The van der Waals surface area contributed by atoms with Crippen LogP contribution < -0.4 is 9.47 Å². The van der Waals surface area contributed by atoms with Crippen molar-refractivity contribution >= 4 is 6.16 Å². The van der Waals surface area contributed by atoms with E-state index >= 15 is 0 Å². The molecule has 106 valence electrons. The Morgan fingerprint density at radius 1 is 1.32 bits per heavy atom. The fraction of sp³-hybridized carbons (Fsp3) is 0.417. The molecule has 0 spiro atoms. The van der Waals surface area contributed by atoms with Crippen molar-refractivity contribution in [3.8, 4) is 11.5 Å². The molecule has 0 heterocycles. The number of aliphatic hydroxyl groups excluding tert-OH is 3. The van der Waals surface area contributed by atoms with E-state index in [0.29, 0.717) is 5.75 Å². The van der Waals surface area contributed by atoms with Crippen LogP contribution in [-0.2, 0) is 4.74 Å². The average molecular weight is 272 g/mol. The summed E-state index contributed by atoms with van der Waals surface area (Å²) in [7, 11) is 1.41. The van der Waals surface area contributed by atoms with Gasteiger partial charge in [0.05, 0.1) is 13.7 Å². The number of methoxy groups -OCH3 is 1. The van der Waals surface area contributed by atoms with Crippen LogP contribution in [0, 0.1) is 6.92 Å². The van der Waals surface area contributed by atoms with Gasteiger partial charge < -0.3 is 29.5 Å². The van der Waals surface area contributed by atoms with Gasteiger partial charge in [-0.1, -0.05) is 6.07 Å². The predicted octanol–water partition coefficient (Wildman–Crippen LogP) is 0.191. The Kier molecular flexibility index (Phi) is 5.56. The second-order valence-corrected chi connectivity index (χ2v) is 3.76. The molecule has 0 aliphatic rings. The minimum absolute atomic E-state index is 0.115. The van der Waals surface area contributed by atoms with Crippen LogP contribution in [-0.4, -0.2) is 47.6 Å². The third-order valence-corrected chi connectivity index (χ3v) is 2.25. The van der Waals surface area contributed by atoms with Crippen molar-refractivity contribution in [3.05, 3.63) is 23.8 Å². The molecule has 2 atom stereocenters. The lowest BCUT2D eigenvalue weighted by Gasteiger charge is -2.16. The molecule has 0 saturated heterocycles. The molecule has 0 aromatic heterocycles. The van der Waals surface area contributed by atoms with Crippen molar-refractivity contribution in [1.82, 2.24) is 0 Å². The fourth-order valence-electron chi connectivity index (χ4n) is 1.24.